The van der Waals surface area contributed by atoms with Crippen LogP contribution in [0.3, 0.4) is 0 Å². The Hall–Kier alpha value is -2.77. The van der Waals surface area contributed by atoms with Crippen LogP contribution < -0.4 is 20.1 Å². The lowest BCUT2D eigenvalue weighted by Crippen LogP contribution is -2.51. The summed E-state index contributed by atoms with van der Waals surface area (Å²) in [7, 11) is 3.20. The highest BCUT2D eigenvalue weighted by atomic mass is 16.5. The maximum absolute atomic E-state index is 10.7. The minimum absolute atomic E-state index is 0.242. The molecular weight excluding hydrogens is 404 g/mol. The van der Waals surface area contributed by atoms with Crippen LogP contribution in [0.15, 0.2) is 53.5 Å². The molecule has 0 spiro atoms. The zero-order valence-electron chi connectivity index (χ0n) is 19.4. The van der Waals surface area contributed by atoms with Gasteiger partial charge in [0.05, 0.1) is 26.9 Å². The van der Waals surface area contributed by atoms with Gasteiger partial charge in [-0.25, -0.2) is 0 Å². The standard InChI is InChI=1S/C25H36N4O3/c1-4-26-25(27-16-24(30)20-13-22(31-2)15-23(14-20)32-3)28-21-11-8-12-29(18-21)17-19-9-6-5-7-10-19/h5-7,9-10,13-15,21,24,30H,4,8,11-12,16-18H2,1-3H3,(H2,26,27,28). The average Bonchev–Trinajstić information content (AvgIpc) is 2.83. The normalized spacial score (nSPS) is 18.1. The number of aliphatic imine (C=N–C) groups is 1. The van der Waals surface area contributed by atoms with Gasteiger partial charge in [0.25, 0.3) is 0 Å². The Morgan fingerprint density at radius 2 is 1.88 bits per heavy atom. The molecule has 1 aliphatic heterocycles. The summed E-state index contributed by atoms with van der Waals surface area (Å²) in [5.74, 6) is 2.02. The molecule has 7 heteroatoms. The van der Waals surface area contributed by atoms with Gasteiger partial charge in [0.15, 0.2) is 5.96 Å². The van der Waals surface area contributed by atoms with Crippen LogP contribution in [0.2, 0.25) is 0 Å². The molecular formula is C25H36N4O3. The summed E-state index contributed by atoms with van der Waals surface area (Å²) in [6.45, 7) is 6.08. The fraction of sp³-hybridized carbons (Fsp3) is 0.480. The first-order valence-electron chi connectivity index (χ1n) is 11.3. The van der Waals surface area contributed by atoms with Crippen molar-refractivity contribution in [1.82, 2.24) is 15.5 Å². The number of hydrogen-bond acceptors (Lipinski definition) is 5. The molecule has 3 rings (SSSR count). The largest absolute Gasteiger partial charge is 0.497 e. The third-order valence-corrected chi connectivity index (χ3v) is 5.62. The molecule has 2 atom stereocenters. The smallest absolute Gasteiger partial charge is 0.191 e. The third-order valence-electron chi connectivity index (χ3n) is 5.62. The topological polar surface area (TPSA) is 78.4 Å². The van der Waals surface area contributed by atoms with E-state index in [2.05, 4.69) is 50.9 Å². The molecule has 1 heterocycles. The molecule has 0 aromatic heterocycles. The molecule has 0 saturated carbocycles. The minimum Gasteiger partial charge on any atom is -0.497 e. The molecule has 0 aliphatic carbocycles. The van der Waals surface area contributed by atoms with Crippen molar-refractivity contribution in [3.05, 3.63) is 59.7 Å². The molecule has 1 aliphatic rings. The summed E-state index contributed by atoms with van der Waals surface area (Å²) >= 11 is 0. The van der Waals surface area contributed by atoms with Gasteiger partial charge in [-0.3, -0.25) is 9.89 Å². The second-order valence-corrected chi connectivity index (χ2v) is 8.09. The Kier molecular flexibility index (Phi) is 9.19. The van der Waals surface area contributed by atoms with Crippen molar-refractivity contribution in [3.8, 4) is 11.5 Å². The van der Waals surface area contributed by atoms with Crippen LogP contribution in [0.25, 0.3) is 0 Å². The van der Waals surface area contributed by atoms with Gasteiger partial charge in [-0.05, 0) is 49.6 Å². The molecule has 7 nitrogen and oxygen atoms in total. The number of rotatable bonds is 9. The number of nitrogens with zero attached hydrogens (tertiary/aromatic N) is 2. The van der Waals surface area contributed by atoms with Crippen molar-refractivity contribution in [2.24, 2.45) is 4.99 Å². The highest BCUT2D eigenvalue weighted by Gasteiger charge is 2.21. The Morgan fingerprint density at radius 1 is 1.16 bits per heavy atom. The summed E-state index contributed by atoms with van der Waals surface area (Å²) in [6, 6.07) is 16.3. The summed E-state index contributed by atoms with van der Waals surface area (Å²) in [5, 5.41) is 17.6. The summed E-state index contributed by atoms with van der Waals surface area (Å²) in [5.41, 5.74) is 2.05. The van der Waals surface area contributed by atoms with Crippen molar-refractivity contribution in [2.75, 3.05) is 40.4 Å². The van der Waals surface area contributed by atoms with E-state index >= 15 is 0 Å². The highest BCUT2D eigenvalue weighted by molar-refractivity contribution is 5.80. The number of ether oxygens (including phenoxy) is 2. The van der Waals surface area contributed by atoms with Gasteiger partial charge in [-0.2, -0.15) is 0 Å². The van der Waals surface area contributed by atoms with Crippen LogP contribution in [0.4, 0.5) is 0 Å². The van der Waals surface area contributed by atoms with Gasteiger partial charge in [0.2, 0.25) is 0 Å². The van der Waals surface area contributed by atoms with E-state index in [9.17, 15) is 5.11 Å². The van der Waals surface area contributed by atoms with Crippen LogP contribution in [0.5, 0.6) is 11.5 Å². The van der Waals surface area contributed by atoms with E-state index in [0.717, 1.165) is 45.0 Å². The zero-order chi connectivity index (χ0) is 22.8. The lowest BCUT2D eigenvalue weighted by molar-refractivity contribution is 0.184. The Bertz CT molecular complexity index is 837. The molecule has 2 aromatic carbocycles. The number of methoxy groups -OCH3 is 2. The number of hydrogen-bond donors (Lipinski definition) is 3. The van der Waals surface area contributed by atoms with Crippen LogP contribution in [0, 0.1) is 0 Å². The molecule has 2 unspecified atom stereocenters. The van der Waals surface area contributed by atoms with Crippen molar-refractivity contribution in [2.45, 2.75) is 38.5 Å². The van der Waals surface area contributed by atoms with Crippen LogP contribution >= 0.6 is 0 Å². The van der Waals surface area contributed by atoms with Crippen molar-refractivity contribution < 1.29 is 14.6 Å². The lowest BCUT2D eigenvalue weighted by atomic mass is 10.0. The predicted molar refractivity (Wildman–Crippen MR) is 128 cm³/mol. The fourth-order valence-corrected chi connectivity index (χ4v) is 3.98. The molecule has 1 saturated heterocycles. The quantitative estimate of drug-likeness (QED) is 0.411. The van der Waals surface area contributed by atoms with E-state index < -0.39 is 6.10 Å². The molecule has 0 radical (unpaired) electrons. The Balaban J connectivity index is 1.60. The van der Waals surface area contributed by atoms with E-state index in [1.54, 1.807) is 20.3 Å². The summed E-state index contributed by atoms with van der Waals surface area (Å²) in [6.07, 6.45) is 1.50. The van der Waals surface area contributed by atoms with Crippen molar-refractivity contribution in [1.29, 1.82) is 0 Å². The number of aliphatic hydroxyl groups excluding tert-OH is 1. The first kappa shape index (κ1) is 23.9. The number of benzene rings is 2. The van der Waals surface area contributed by atoms with Crippen molar-refractivity contribution >= 4 is 5.96 Å². The molecule has 1 fully saturated rings. The first-order valence-corrected chi connectivity index (χ1v) is 11.3. The van der Waals surface area contributed by atoms with Gasteiger partial charge >= 0.3 is 0 Å². The van der Waals surface area contributed by atoms with Crippen molar-refractivity contribution in [3.63, 3.8) is 0 Å². The molecule has 32 heavy (non-hydrogen) atoms. The average molecular weight is 441 g/mol. The molecule has 2 aromatic rings. The monoisotopic (exact) mass is 440 g/mol. The van der Waals surface area contributed by atoms with E-state index in [1.807, 2.05) is 19.1 Å². The number of aliphatic hydroxyl groups is 1. The van der Waals surface area contributed by atoms with Gasteiger partial charge in [0.1, 0.15) is 11.5 Å². The van der Waals surface area contributed by atoms with Crippen LogP contribution in [-0.2, 0) is 6.54 Å². The van der Waals surface area contributed by atoms with Crippen LogP contribution in [-0.4, -0.2) is 62.4 Å². The fourth-order valence-electron chi connectivity index (χ4n) is 3.98. The molecule has 3 N–H and O–H groups in total. The van der Waals surface area contributed by atoms with Gasteiger partial charge in [-0.15, -0.1) is 0 Å². The number of nitrogens with one attached hydrogen (secondary N) is 2. The van der Waals surface area contributed by atoms with E-state index in [1.165, 1.54) is 5.56 Å². The maximum Gasteiger partial charge on any atom is 0.191 e. The maximum atomic E-state index is 10.7. The molecule has 0 bridgehead atoms. The van der Waals surface area contributed by atoms with Gasteiger partial charge < -0.3 is 25.2 Å². The number of piperidine rings is 1. The zero-order valence-corrected chi connectivity index (χ0v) is 19.4. The summed E-state index contributed by atoms with van der Waals surface area (Å²) < 4.78 is 10.6. The first-order chi connectivity index (χ1) is 15.6. The van der Waals surface area contributed by atoms with E-state index in [-0.39, 0.29) is 6.54 Å². The Labute approximate surface area is 191 Å². The molecule has 174 valence electrons. The number of guanidine groups is 1. The Morgan fingerprint density at radius 3 is 2.53 bits per heavy atom. The number of likely N-dealkylation sites (tertiary alicyclic amines) is 1. The van der Waals surface area contributed by atoms with E-state index in [4.69, 9.17) is 9.47 Å². The summed E-state index contributed by atoms with van der Waals surface area (Å²) in [4.78, 5) is 7.13. The van der Waals surface area contributed by atoms with Gasteiger partial charge in [-0.1, -0.05) is 30.3 Å². The third kappa shape index (κ3) is 7.14. The molecule has 0 amide bonds. The minimum atomic E-state index is -0.754. The SMILES string of the molecule is CCNC(=NCC(O)c1cc(OC)cc(OC)c1)NC1CCCN(Cc2ccccc2)C1. The highest BCUT2D eigenvalue weighted by Crippen LogP contribution is 2.26. The van der Waals surface area contributed by atoms with Crippen LogP contribution in [0.1, 0.15) is 37.0 Å². The predicted octanol–water partition coefficient (Wildman–Crippen LogP) is 2.96. The second kappa shape index (κ2) is 12.3. The van der Waals surface area contributed by atoms with E-state index in [0.29, 0.717) is 23.1 Å². The van der Waals surface area contributed by atoms with Gasteiger partial charge in [0, 0.05) is 31.7 Å². The second-order valence-electron chi connectivity index (χ2n) is 8.09. The lowest BCUT2D eigenvalue weighted by Gasteiger charge is -2.34.